The average Bonchev–Trinajstić information content (AvgIpc) is 2.99. The van der Waals surface area contributed by atoms with Crippen LogP contribution in [0.25, 0.3) is 0 Å². The molecule has 0 spiro atoms. The Balaban J connectivity index is 2.31. The van der Waals surface area contributed by atoms with Gasteiger partial charge in [0.15, 0.2) is 5.75 Å². The van der Waals surface area contributed by atoms with E-state index in [1.54, 1.807) is 0 Å². The van der Waals surface area contributed by atoms with Crippen molar-refractivity contribution in [3.63, 3.8) is 0 Å². The highest BCUT2D eigenvalue weighted by atomic mass is 35.5. The molecule has 0 radical (unpaired) electrons. The van der Waals surface area contributed by atoms with E-state index < -0.39 is 5.97 Å². The van der Waals surface area contributed by atoms with Gasteiger partial charge in [-0.25, -0.2) is 0 Å². The van der Waals surface area contributed by atoms with Gasteiger partial charge >= 0.3 is 5.97 Å². The average molecular weight is 417 g/mol. The predicted molar refractivity (Wildman–Crippen MR) is 97.3 cm³/mol. The van der Waals surface area contributed by atoms with Crippen LogP contribution in [0.15, 0.2) is 11.6 Å². The Kier molecular flexibility index (Phi) is 5.55. The van der Waals surface area contributed by atoms with Gasteiger partial charge in [0.2, 0.25) is 0 Å². The van der Waals surface area contributed by atoms with Crippen LogP contribution in [0, 0.1) is 17.3 Å². The summed E-state index contributed by atoms with van der Waals surface area (Å²) in [5.74, 6) is -0.652. The zero-order valence-corrected chi connectivity index (χ0v) is 16.7. The molecule has 0 aliphatic heterocycles. The van der Waals surface area contributed by atoms with Crippen LogP contribution in [0.5, 0.6) is 5.75 Å². The molecule has 1 fully saturated rings. The van der Waals surface area contributed by atoms with E-state index in [1.165, 1.54) is 0 Å². The predicted octanol–water partition coefficient (Wildman–Crippen LogP) is 7.10. The smallest absolute Gasteiger partial charge is 0.315 e. The molecule has 2 atom stereocenters. The van der Waals surface area contributed by atoms with E-state index in [0.717, 1.165) is 5.57 Å². The van der Waals surface area contributed by atoms with Crippen LogP contribution in [-0.4, -0.2) is 5.97 Å². The van der Waals surface area contributed by atoms with Crippen LogP contribution in [0.4, 0.5) is 0 Å². The lowest BCUT2D eigenvalue weighted by Crippen LogP contribution is -2.14. The van der Waals surface area contributed by atoms with Crippen molar-refractivity contribution in [3.8, 4) is 5.75 Å². The highest BCUT2D eigenvalue weighted by Crippen LogP contribution is 2.60. The molecule has 1 aromatic carbocycles. The maximum atomic E-state index is 12.5. The fraction of sp³-hybridized carbons (Fsp3) is 0.438. The van der Waals surface area contributed by atoms with E-state index in [-0.39, 0.29) is 48.1 Å². The van der Waals surface area contributed by atoms with Crippen LogP contribution in [0.2, 0.25) is 25.1 Å². The maximum Gasteiger partial charge on any atom is 0.315 e. The molecule has 1 aliphatic carbocycles. The first kappa shape index (κ1) is 19.2. The van der Waals surface area contributed by atoms with Crippen LogP contribution in [0.1, 0.15) is 27.7 Å². The largest absolute Gasteiger partial charge is 0.423 e. The fourth-order valence-corrected chi connectivity index (χ4v) is 3.83. The van der Waals surface area contributed by atoms with Crippen molar-refractivity contribution in [2.45, 2.75) is 27.7 Å². The summed E-state index contributed by atoms with van der Waals surface area (Å²) in [4.78, 5) is 12.5. The van der Waals surface area contributed by atoms with E-state index >= 15 is 0 Å². The number of halogens is 5. The third-order valence-electron chi connectivity index (χ3n) is 4.05. The zero-order valence-electron chi connectivity index (χ0n) is 12.9. The Morgan fingerprint density at radius 1 is 0.957 bits per heavy atom. The molecule has 1 saturated carbocycles. The number of hydrogen-bond acceptors (Lipinski definition) is 2. The Morgan fingerprint density at radius 2 is 1.39 bits per heavy atom. The lowest BCUT2D eigenvalue weighted by molar-refractivity contribution is -0.136. The van der Waals surface area contributed by atoms with E-state index in [9.17, 15) is 4.79 Å². The molecule has 23 heavy (non-hydrogen) atoms. The van der Waals surface area contributed by atoms with Gasteiger partial charge in [-0.1, -0.05) is 83.5 Å². The molecular formula is C16H15Cl5O2. The van der Waals surface area contributed by atoms with Crippen LogP contribution >= 0.6 is 58.0 Å². The molecule has 2 rings (SSSR count). The van der Waals surface area contributed by atoms with Crippen molar-refractivity contribution in [3.05, 3.63) is 36.8 Å². The van der Waals surface area contributed by atoms with Crippen molar-refractivity contribution in [2.75, 3.05) is 0 Å². The van der Waals surface area contributed by atoms with Crippen molar-refractivity contribution in [1.82, 2.24) is 0 Å². The Morgan fingerprint density at radius 3 is 1.83 bits per heavy atom. The van der Waals surface area contributed by atoms with Crippen LogP contribution in [-0.2, 0) is 4.79 Å². The third kappa shape index (κ3) is 3.48. The number of carbonyl (C=O) groups is 1. The zero-order chi connectivity index (χ0) is 17.7. The van der Waals surface area contributed by atoms with Gasteiger partial charge in [0.1, 0.15) is 10.0 Å². The number of ether oxygens (including phenoxy) is 1. The van der Waals surface area contributed by atoms with Crippen LogP contribution < -0.4 is 4.74 Å². The number of rotatable bonds is 3. The molecule has 0 bridgehead atoms. The molecule has 0 aromatic heterocycles. The number of benzene rings is 1. The van der Waals surface area contributed by atoms with Gasteiger partial charge in [-0.15, -0.1) is 0 Å². The number of carbonyl (C=O) groups excluding carboxylic acids is 1. The number of hydrogen-bond donors (Lipinski definition) is 0. The minimum Gasteiger partial charge on any atom is -0.423 e. The molecule has 0 unspecified atom stereocenters. The highest BCUT2D eigenvalue weighted by molar-refractivity contribution is 6.55. The van der Waals surface area contributed by atoms with Gasteiger partial charge in [0, 0.05) is 0 Å². The van der Waals surface area contributed by atoms with Gasteiger partial charge in [0.25, 0.3) is 0 Å². The van der Waals surface area contributed by atoms with Crippen molar-refractivity contribution < 1.29 is 9.53 Å². The van der Waals surface area contributed by atoms with Gasteiger partial charge in [0.05, 0.1) is 21.0 Å². The summed E-state index contributed by atoms with van der Waals surface area (Å²) in [5.41, 5.74) is 0.958. The lowest BCUT2D eigenvalue weighted by Gasteiger charge is -2.12. The number of esters is 1. The van der Waals surface area contributed by atoms with Gasteiger partial charge in [-0.05, 0) is 25.2 Å². The normalized spacial score (nSPS) is 21.8. The van der Waals surface area contributed by atoms with Gasteiger partial charge in [-0.3, -0.25) is 4.79 Å². The van der Waals surface area contributed by atoms with E-state index in [1.807, 2.05) is 27.7 Å². The first-order chi connectivity index (χ1) is 10.5. The SMILES string of the molecule is CC(C)=C[C@@H]1[C@H](C(=O)Oc2c(Cl)c(Cl)c(Cl)c(Cl)c2Cl)C1(C)C. The minimum atomic E-state index is -0.421. The second-order valence-corrected chi connectivity index (χ2v) is 8.28. The lowest BCUT2D eigenvalue weighted by atomic mass is 10.1. The molecule has 0 N–H and O–H groups in total. The van der Waals surface area contributed by atoms with Gasteiger partial charge < -0.3 is 4.74 Å². The van der Waals surface area contributed by atoms with E-state index in [0.29, 0.717) is 0 Å². The first-order valence-electron chi connectivity index (χ1n) is 6.88. The molecule has 1 aliphatic rings. The van der Waals surface area contributed by atoms with Gasteiger partial charge in [-0.2, -0.15) is 0 Å². The summed E-state index contributed by atoms with van der Waals surface area (Å²) in [6.45, 7) is 7.99. The van der Waals surface area contributed by atoms with Crippen molar-refractivity contribution in [1.29, 1.82) is 0 Å². The van der Waals surface area contributed by atoms with E-state index in [2.05, 4.69) is 6.08 Å². The minimum absolute atomic E-state index is 0.00133. The summed E-state index contributed by atoms with van der Waals surface area (Å²) in [5, 5.41) is -0.0338. The monoisotopic (exact) mass is 414 g/mol. The summed E-state index contributed by atoms with van der Waals surface area (Å²) in [6, 6.07) is 0. The Labute approximate surface area is 160 Å². The molecule has 0 saturated heterocycles. The standard InChI is InChI=1S/C16H15Cl5O2/c1-6(2)5-7-8(16(7,3)4)15(22)23-14-12(20)10(18)9(17)11(19)13(14)21/h5,7-8H,1-4H3/t7-,8-/m1/s1. The summed E-state index contributed by atoms with van der Waals surface area (Å²) >= 11 is 30.1. The molecule has 2 nitrogen and oxygen atoms in total. The molecule has 7 heteroatoms. The maximum absolute atomic E-state index is 12.5. The Bertz CT molecular complexity index is 676. The quantitative estimate of drug-likeness (QED) is 0.173. The topological polar surface area (TPSA) is 26.3 Å². The summed E-state index contributed by atoms with van der Waals surface area (Å²) in [7, 11) is 0. The molecular weight excluding hydrogens is 401 g/mol. The van der Waals surface area contributed by atoms with Crippen molar-refractivity contribution >= 4 is 64.0 Å². The molecule has 126 valence electrons. The van der Waals surface area contributed by atoms with Crippen LogP contribution in [0.3, 0.4) is 0 Å². The van der Waals surface area contributed by atoms with Crippen molar-refractivity contribution in [2.24, 2.45) is 17.3 Å². The molecule has 1 aromatic rings. The summed E-state index contributed by atoms with van der Waals surface area (Å²) < 4.78 is 5.40. The first-order valence-corrected chi connectivity index (χ1v) is 8.77. The third-order valence-corrected chi connectivity index (χ3v) is 6.29. The summed E-state index contributed by atoms with van der Waals surface area (Å²) in [6.07, 6.45) is 2.07. The second-order valence-electron chi connectivity index (χ2n) is 6.39. The molecule has 0 amide bonds. The number of allylic oxidation sites excluding steroid dienone is 2. The highest BCUT2D eigenvalue weighted by Gasteiger charge is 2.61. The van der Waals surface area contributed by atoms with E-state index in [4.69, 9.17) is 62.7 Å². The Hall–Kier alpha value is -0.120. The molecule has 0 heterocycles. The second kappa shape index (κ2) is 6.65. The fourth-order valence-electron chi connectivity index (χ4n) is 2.64.